The van der Waals surface area contributed by atoms with E-state index in [0.717, 1.165) is 41.6 Å². The molecule has 3 aromatic rings. The first kappa shape index (κ1) is 15.7. The van der Waals surface area contributed by atoms with E-state index in [1.165, 1.54) is 6.42 Å². The maximum atomic E-state index is 9.18. The van der Waals surface area contributed by atoms with Gasteiger partial charge in [-0.25, -0.2) is 4.68 Å². The van der Waals surface area contributed by atoms with Gasteiger partial charge in [-0.3, -0.25) is 0 Å². The smallest absolute Gasteiger partial charge is 0.150 e. The highest BCUT2D eigenvalue weighted by Gasteiger charge is 2.18. The molecule has 126 valence electrons. The van der Waals surface area contributed by atoms with Gasteiger partial charge in [0.2, 0.25) is 0 Å². The van der Waals surface area contributed by atoms with E-state index in [4.69, 9.17) is 4.74 Å². The molecule has 25 heavy (non-hydrogen) atoms. The van der Waals surface area contributed by atoms with E-state index in [-0.39, 0.29) is 6.23 Å². The number of nitrogens with one attached hydrogen (secondary N) is 1. The third-order valence-electron chi connectivity index (χ3n) is 4.64. The molecule has 1 atom stereocenters. The monoisotopic (exact) mass is 332 g/mol. The molecule has 1 aromatic heterocycles. The molecular weight excluding hydrogens is 312 g/mol. The Hall–Kier alpha value is -2.84. The summed E-state index contributed by atoms with van der Waals surface area (Å²) in [5.41, 5.74) is 3.81. The van der Waals surface area contributed by atoms with Crippen LogP contribution in [0.25, 0.3) is 10.9 Å². The topological polar surface area (TPSA) is 62.9 Å². The fraction of sp³-hybridized carbons (Fsp3) is 0.300. The predicted octanol–water partition coefficient (Wildman–Crippen LogP) is 4.22. The molecule has 1 N–H and O–H groups in total. The molecular formula is C20H20N4O. The van der Waals surface area contributed by atoms with E-state index in [1.54, 1.807) is 0 Å². The van der Waals surface area contributed by atoms with Gasteiger partial charge in [0.1, 0.15) is 0 Å². The summed E-state index contributed by atoms with van der Waals surface area (Å²) in [6, 6.07) is 16.1. The van der Waals surface area contributed by atoms with Crippen molar-refractivity contribution < 1.29 is 4.74 Å². The molecule has 1 unspecified atom stereocenters. The molecule has 1 saturated heterocycles. The first-order chi connectivity index (χ1) is 12.3. The average molecular weight is 332 g/mol. The van der Waals surface area contributed by atoms with E-state index < -0.39 is 0 Å². The summed E-state index contributed by atoms with van der Waals surface area (Å²) in [4.78, 5) is 0. The summed E-state index contributed by atoms with van der Waals surface area (Å²) >= 11 is 0. The largest absolute Gasteiger partial charge is 0.381 e. The van der Waals surface area contributed by atoms with E-state index in [1.807, 2.05) is 35.1 Å². The predicted molar refractivity (Wildman–Crippen MR) is 97.1 cm³/mol. The zero-order valence-electron chi connectivity index (χ0n) is 14.0. The Balaban J connectivity index is 1.53. The molecule has 0 saturated carbocycles. The van der Waals surface area contributed by atoms with Crippen LogP contribution in [0.5, 0.6) is 0 Å². The molecule has 0 aliphatic carbocycles. The van der Waals surface area contributed by atoms with Gasteiger partial charge in [-0.2, -0.15) is 10.4 Å². The number of rotatable bonds is 4. The fourth-order valence-corrected chi connectivity index (χ4v) is 3.29. The lowest BCUT2D eigenvalue weighted by Gasteiger charge is -2.23. The van der Waals surface area contributed by atoms with Gasteiger partial charge in [-0.1, -0.05) is 18.2 Å². The van der Waals surface area contributed by atoms with Crippen molar-refractivity contribution in [3.63, 3.8) is 0 Å². The second-order valence-electron chi connectivity index (χ2n) is 6.31. The van der Waals surface area contributed by atoms with Crippen LogP contribution < -0.4 is 5.32 Å². The van der Waals surface area contributed by atoms with Crippen LogP contribution in [0, 0.1) is 11.3 Å². The third-order valence-corrected chi connectivity index (χ3v) is 4.64. The van der Waals surface area contributed by atoms with Crippen LogP contribution in [0.1, 0.15) is 36.6 Å². The number of hydrogen-bond acceptors (Lipinski definition) is 4. The van der Waals surface area contributed by atoms with Gasteiger partial charge in [0.05, 0.1) is 23.3 Å². The van der Waals surface area contributed by atoms with Crippen molar-refractivity contribution in [3.05, 3.63) is 59.8 Å². The lowest BCUT2D eigenvalue weighted by Crippen LogP contribution is -2.18. The maximum Gasteiger partial charge on any atom is 0.150 e. The lowest BCUT2D eigenvalue weighted by molar-refractivity contribution is -0.0366. The number of anilines is 1. The van der Waals surface area contributed by atoms with Crippen LogP contribution in [-0.2, 0) is 11.3 Å². The highest BCUT2D eigenvalue weighted by atomic mass is 16.5. The minimum atomic E-state index is 0.0487. The van der Waals surface area contributed by atoms with Gasteiger partial charge in [0.15, 0.2) is 6.23 Å². The molecule has 0 radical (unpaired) electrons. The molecule has 1 aliphatic heterocycles. The Bertz CT molecular complexity index is 919. The van der Waals surface area contributed by atoms with Crippen molar-refractivity contribution in [2.24, 2.45) is 0 Å². The Morgan fingerprint density at radius 1 is 1.24 bits per heavy atom. The minimum absolute atomic E-state index is 0.0487. The standard InChI is InChI=1S/C20H20N4O/c21-12-15-5-1-2-6-16(15)13-22-18-8-9-19-17(11-18)14-23-24(19)20-7-3-4-10-25-20/h1-2,5-6,8-9,11,14,20,22H,3-4,7,10,13H2. The molecule has 0 bridgehead atoms. The van der Waals surface area contributed by atoms with Gasteiger partial charge in [-0.05, 0) is 49.1 Å². The average Bonchev–Trinajstić information content (AvgIpc) is 3.10. The summed E-state index contributed by atoms with van der Waals surface area (Å²) in [6.07, 6.45) is 5.27. The van der Waals surface area contributed by atoms with Gasteiger partial charge >= 0.3 is 0 Å². The van der Waals surface area contributed by atoms with Gasteiger partial charge in [0, 0.05) is 24.2 Å². The van der Waals surface area contributed by atoms with E-state index >= 15 is 0 Å². The minimum Gasteiger partial charge on any atom is -0.381 e. The number of ether oxygens (including phenoxy) is 1. The van der Waals surface area contributed by atoms with Crippen molar-refractivity contribution in [2.75, 3.05) is 11.9 Å². The molecule has 4 rings (SSSR count). The SMILES string of the molecule is N#Cc1ccccc1CNc1ccc2c(cnn2C2CCCCO2)c1. The van der Waals surface area contributed by atoms with E-state index in [9.17, 15) is 5.26 Å². The normalized spacial score (nSPS) is 17.3. The fourth-order valence-electron chi connectivity index (χ4n) is 3.29. The third kappa shape index (κ3) is 3.21. The van der Waals surface area contributed by atoms with Crippen molar-refractivity contribution in [3.8, 4) is 6.07 Å². The molecule has 1 fully saturated rings. The summed E-state index contributed by atoms with van der Waals surface area (Å²) in [6.45, 7) is 1.43. The van der Waals surface area contributed by atoms with Crippen molar-refractivity contribution in [1.82, 2.24) is 9.78 Å². The van der Waals surface area contributed by atoms with Gasteiger partial charge < -0.3 is 10.1 Å². The zero-order valence-corrected chi connectivity index (χ0v) is 14.0. The maximum absolute atomic E-state index is 9.18. The molecule has 0 spiro atoms. The summed E-state index contributed by atoms with van der Waals surface area (Å²) in [5.74, 6) is 0. The second kappa shape index (κ2) is 6.96. The van der Waals surface area contributed by atoms with Gasteiger partial charge in [-0.15, -0.1) is 0 Å². The summed E-state index contributed by atoms with van der Waals surface area (Å²) < 4.78 is 7.84. The number of benzene rings is 2. The van der Waals surface area contributed by atoms with E-state index in [0.29, 0.717) is 12.1 Å². The van der Waals surface area contributed by atoms with Crippen LogP contribution in [0.2, 0.25) is 0 Å². The molecule has 2 aromatic carbocycles. The Labute approximate surface area is 146 Å². The first-order valence-corrected chi connectivity index (χ1v) is 8.66. The van der Waals surface area contributed by atoms with Crippen LogP contribution >= 0.6 is 0 Å². The van der Waals surface area contributed by atoms with Crippen LogP contribution in [0.15, 0.2) is 48.7 Å². The number of hydrogen-bond donors (Lipinski definition) is 1. The highest BCUT2D eigenvalue weighted by Crippen LogP contribution is 2.27. The molecule has 5 heteroatoms. The number of nitriles is 1. The van der Waals surface area contributed by atoms with Crippen LogP contribution in [0.3, 0.4) is 0 Å². The lowest BCUT2D eigenvalue weighted by atomic mass is 10.1. The first-order valence-electron chi connectivity index (χ1n) is 8.66. The molecule has 0 amide bonds. The Morgan fingerprint density at radius 3 is 3.00 bits per heavy atom. The Morgan fingerprint density at radius 2 is 2.16 bits per heavy atom. The number of nitrogens with zero attached hydrogens (tertiary/aromatic N) is 3. The van der Waals surface area contributed by atoms with Gasteiger partial charge in [0.25, 0.3) is 0 Å². The van der Waals surface area contributed by atoms with Crippen molar-refractivity contribution in [2.45, 2.75) is 32.0 Å². The van der Waals surface area contributed by atoms with Crippen molar-refractivity contribution in [1.29, 1.82) is 5.26 Å². The second-order valence-corrected chi connectivity index (χ2v) is 6.31. The van der Waals surface area contributed by atoms with Crippen molar-refractivity contribution >= 4 is 16.6 Å². The molecule has 2 heterocycles. The van der Waals surface area contributed by atoms with Crippen LogP contribution in [0.4, 0.5) is 5.69 Å². The van der Waals surface area contributed by atoms with Crippen LogP contribution in [-0.4, -0.2) is 16.4 Å². The van der Waals surface area contributed by atoms with E-state index in [2.05, 4.69) is 34.7 Å². The zero-order chi connectivity index (χ0) is 17.1. The summed E-state index contributed by atoms with van der Waals surface area (Å²) in [5, 5.41) is 18.2. The Kier molecular flexibility index (Phi) is 4.36. The highest BCUT2D eigenvalue weighted by molar-refractivity contribution is 5.82. The number of aromatic nitrogens is 2. The number of fused-ring (bicyclic) bond motifs is 1. The quantitative estimate of drug-likeness (QED) is 0.777. The summed E-state index contributed by atoms with van der Waals surface area (Å²) in [7, 11) is 0. The molecule has 1 aliphatic rings. The molecule has 5 nitrogen and oxygen atoms in total.